The molecule has 2 atom stereocenters. The highest BCUT2D eigenvalue weighted by Crippen LogP contribution is 2.31. The van der Waals surface area contributed by atoms with E-state index in [2.05, 4.69) is 4.72 Å². The summed E-state index contributed by atoms with van der Waals surface area (Å²) in [6.07, 6.45) is 2.73. The van der Waals surface area contributed by atoms with Crippen molar-refractivity contribution >= 4 is 21.8 Å². The average molecular weight is 333 g/mol. The Labute approximate surface area is 129 Å². The largest absolute Gasteiger partial charge is 0.392 e. The molecule has 0 heterocycles. The number of rotatable bonds is 6. The molecular formula is C14H20FNO3S2. The predicted molar refractivity (Wildman–Crippen MR) is 82.2 cm³/mol. The average Bonchev–Trinajstić information content (AvgIpc) is 2.86. The number of aliphatic hydroxyl groups is 1. The predicted octanol–water partition coefficient (Wildman–Crippen LogP) is 2.27. The van der Waals surface area contributed by atoms with Crippen LogP contribution in [0.5, 0.6) is 0 Å². The van der Waals surface area contributed by atoms with Crippen LogP contribution in [0, 0.1) is 5.82 Å². The number of aliphatic hydroxyl groups excluding tert-OH is 1. The molecule has 0 aromatic heterocycles. The Morgan fingerprint density at radius 3 is 2.86 bits per heavy atom. The number of sulfonamides is 1. The Balaban J connectivity index is 2.22. The maximum Gasteiger partial charge on any atom is 0.243 e. The summed E-state index contributed by atoms with van der Waals surface area (Å²) in [7, 11) is -3.91. The minimum atomic E-state index is -3.91. The van der Waals surface area contributed by atoms with Crippen LogP contribution in [-0.4, -0.2) is 30.6 Å². The van der Waals surface area contributed by atoms with E-state index < -0.39 is 15.8 Å². The van der Waals surface area contributed by atoms with Crippen molar-refractivity contribution in [2.45, 2.75) is 49.0 Å². The fourth-order valence-electron chi connectivity index (χ4n) is 2.59. The van der Waals surface area contributed by atoms with Crippen LogP contribution in [-0.2, 0) is 16.6 Å². The summed E-state index contributed by atoms with van der Waals surface area (Å²) < 4.78 is 41.2. The van der Waals surface area contributed by atoms with Crippen LogP contribution in [0.2, 0.25) is 0 Å². The molecule has 1 aliphatic carbocycles. The van der Waals surface area contributed by atoms with Crippen LogP contribution in [0.3, 0.4) is 0 Å². The van der Waals surface area contributed by atoms with E-state index in [-0.39, 0.29) is 22.8 Å². The second-order valence-electron chi connectivity index (χ2n) is 5.08. The van der Waals surface area contributed by atoms with Crippen LogP contribution in [0.1, 0.15) is 31.7 Å². The lowest BCUT2D eigenvalue weighted by Crippen LogP contribution is -2.39. The Kier molecular flexibility index (Phi) is 5.65. The van der Waals surface area contributed by atoms with Gasteiger partial charge in [0, 0.05) is 11.3 Å². The molecule has 7 heteroatoms. The zero-order valence-corrected chi connectivity index (χ0v) is 13.5. The van der Waals surface area contributed by atoms with Crippen molar-refractivity contribution in [2.24, 2.45) is 0 Å². The zero-order chi connectivity index (χ0) is 15.5. The number of halogens is 1. The molecule has 4 nitrogen and oxygen atoms in total. The van der Waals surface area contributed by atoms with Gasteiger partial charge in [0.1, 0.15) is 10.7 Å². The summed E-state index contributed by atoms with van der Waals surface area (Å²) in [6.45, 7) is 1.72. The van der Waals surface area contributed by atoms with E-state index in [4.69, 9.17) is 5.11 Å². The van der Waals surface area contributed by atoms with E-state index in [0.717, 1.165) is 31.1 Å². The highest BCUT2D eigenvalue weighted by atomic mass is 32.2. The number of hydrogen-bond acceptors (Lipinski definition) is 4. The highest BCUT2D eigenvalue weighted by Gasteiger charge is 2.32. The molecule has 0 radical (unpaired) electrons. The molecule has 118 valence electrons. The first-order chi connectivity index (χ1) is 9.97. The van der Waals surface area contributed by atoms with Crippen molar-refractivity contribution in [3.05, 3.63) is 29.6 Å². The molecule has 2 rings (SSSR count). The molecule has 0 bridgehead atoms. The fourth-order valence-corrected chi connectivity index (χ4v) is 5.31. The molecule has 0 aliphatic heterocycles. The number of hydrogen-bond donors (Lipinski definition) is 2. The van der Waals surface area contributed by atoms with Gasteiger partial charge in [-0.15, -0.1) is 0 Å². The Morgan fingerprint density at radius 1 is 1.43 bits per heavy atom. The molecule has 0 amide bonds. The number of nitrogens with one attached hydrogen (secondary N) is 1. The topological polar surface area (TPSA) is 66.4 Å². The van der Waals surface area contributed by atoms with Gasteiger partial charge in [-0.25, -0.2) is 17.5 Å². The van der Waals surface area contributed by atoms with Crippen LogP contribution in [0.15, 0.2) is 23.1 Å². The summed E-state index contributed by atoms with van der Waals surface area (Å²) in [5.74, 6) is 0.134. The molecule has 1 aromatic rings. The maximum atomic E-state index is 13.8. The molecular weight excluding hydrogens is 313 g/mol. The van der Waals surface area contributed by atoms with Gasteiger partial charge < -0.3 is 5.11 Å². The molecule has 0 spiro atoms. The minimum absolute atomic E-state index is 0.155. The van der Waals surface area contributed by atoms with Crippen molar-refractivity contribution in [1.29, 1.82) is 0 Å². The van der Waals surface area contributed by atoms with Gasteiger partial charge in [-0.1, -0.05) is 19.4 Å². The lowest BCUT2D eigenvalue weighted by atomic mass is 10.2. The Bertz CT molecular complexity index is 592. The zero-order valence-electron chi connectivity index (χ0n) is 11.9. The molecule has 1 saturated carbocycles. The van der Waals surface area contributed by atoms with Gasteiger partial charge >= 0.3 is 0 Å². The summed E-state index contributed by atoms with van der Waals surface area (Å²) in [5.41, 5.74) is 0.377. The minimum Gasteiger partial charge on any atom is -0.392 e. The SMILES string of the molecule is CCSC1CCCC1NS(=O)(=O)c1cc(CO)ccc1F. The maximum absolute atomic E-state index is 13.8. The highest BCUT2D eigenvalue weighted by molar-refractivity contribution is 8.00. The number of thioether (sulfide) groups is 1. The first-order valence-corrected chi connectivity index (χ1v) is 9.54. The molecule has 1 fully saturated rings. The fraction of sp³-hybridized carbons (Fsp3) is 0.571. The third kappa shape index (κ3) is 3.97. The van der Waals surface area contributed by atoms with E-state index in [1.54, 1.807) is 11.8 Å². The van der Waals surface area contributed by atoms with Crippen molar-refractivity contribution in [2.75, 3.05) is 5.75 Å². The van der Waals surface area contributed by atoms with E-state index in [0.29, 0.717) is 5.56 Å². The van der Waals surface area contributed by atoms with Gasteiger partial charge in [-0.2, -0.15) is 11.8 Å². The lowest BCUT2D eigenvalue weighted by Gasteiger charge is -2.20. The van der Waals surface area contributed by atoms with Gasteiger partial charge in [-0.05, 0) is 36.3 Å². The summed E-state index contributed by atoms with van der Waals surface area (Å²) in [5, 5.41) is 9.32. The standard InChI is InChI=1S/C14H20FNO3S2/c1-2-20-13-5-3-4-12(13)16-21(18,19)14-8-10(9-17)6-7-11(14)15/h6-8,12-13,16-17H,2-5,9H2,1H3. The first-order valence-electron chi connectivity index (χ1n) is 7.01. The van der Waals surface area contributed by atoms with Crippen LogP contribution in [0.25, 0.3) is 0 Å². The summed E-state index contributed by atoms with van der Waals surface area (Å²) in [6, 6.07) is 3.48. The first kappa shape index (κ1) is 16.7. The lowest BCUT2D eigenvalue weighted by molar-refractivity contribution is 0.281. The number of benzene rings is 1. The second-order valence-corrected chi connectivity index (χ2v) is 8.27. The summed E-state index contributed by atoms with van der Waals surface area (Å²) >= 11 is 1.73. The molecule has 21 heavy (non-hydrogen) atoms. The van der Waals surface area contributed by atoms with E-state index >= 15 is 0 Å². The molecule has 2 unspecified atom stereocenters. The van der Waals surface area contributed by atoms with Gasteiger partial charge in [0.25, 0.3) is 0 Å². The molecule has 0 saturated heterocycles. The Morgan fingerprint density at radius 2 is 2.19 bits per heavy atom. The van der Waals surface area contributed by atoms with Crippen LogP contribution >= 0.6 is 11.8 Å². The van der Waals surface area contributed by atoms with E-state index in [9.17, 15) is 12.8 Å². The normalized spacial score (nSPS) is 22.6. The van der Waals surface area contributed by atoms with Crippen LogP contribution in [0.4, 0.5) is 4.39 Å². The molecule has 1 aromatic carbocycles. The monoisotopic (exact) mass is 333 g/mol. The van der Waals surface area contributed by atoms with Crippen molar-refractivity contribution < 1.29 is 17.9 Å². The van der Waals surface area contributed by atoms with Gasteiger partial charge in [0.05, 0.1) is 6.61 Å². The van der Waals surface area contributed by atoms with Gasteiger partial charge in [-0.3, -0.25) is 0 Å². The third-order valence-corrected chi connectivity index (χ3v) is 6.44. The van der Waals surface area contributed by atoms with Crippen molar-refractivity contribution in [3.63, 3.8) is 0 Å². The summed E-state index contributed by atoms with van der Waals surface area (Å²) in [4.78, 5) is -0.388. The van der Waals surface area contributed by atoms with Gasteiger partial charge in [0.2, 0.25) is 10.0 Å². The van der Waals surface area contributed by atoms with Gasteiger partial charge in [0.15, 0.2) is 0 Å². The second kappa shape index (κ2) is 7.09. The Hall–Kier alpha value is -0.630. The molecule has 1 aliphatic rings. The van der Waals surface area contributed by atoms with Crippen molar-refractivity contribution in [1.82, 2.24) is 4.72 Å². The smallest absolute Gasteiger partial charge is 0.243 e. The van der Waals surface area contributed by atoms with Crippen molar-refractivity contribution in [3.8, 4) is 0 Å². The van der Waals surface area contributed by atoms with Crippen LogP contribution < -0.4 is 4.72 Å². The third-order valence-electron chi connectivity index (χ3n) is 3.61. The van der Waals surface area contributed by atoms with E-state index in [1.165, 1.54) is 12.1 Å². The quantitative estimate of drug-likeness (QED) is 0.838. The molecule has 2 N–H and O–H groups in total. The van der Waals surface area contributed by atoms with E-state index in [1.807, 2.05) is 6.92 Å².